The van der Waals surface area contributed by atoms with Crippen molar-refractivity contribution >= 4 is 34.3 Å². The second-order valence-corrected chi connectivity index (χ2v) is 4.02. The number of hydrogen-bond acceptors (Lipinski definition) is 5. The average molecular weight is 370 g/mol. The zero-order chi connectivity index (χ0) is 18.8. The first-order valence-electron chi connectivity index (χ1n) is 4.95. The fourth-order valence-electron chi connectivity index (χ4n) is 0.436. The Morgan fingerprint density at radius 2 is 1.39 bits per heavy atom. The monoisotopic (exact) mass is 370 g/mol. The Hall–Kier alpha value is -2.38. The van der Waals surface area contributed by atoms with Crippen LogP contribution in [0.15, 0.2) is 11.6 Å². The summed E-state index contributed by atoms with van der Waals surface area (Å²) in [6, 6.07) is 0. The smallest absolute Gasteiger partial charge is 0.475 e. The topological polar surface area (TPSA) is 117 Å². The second-order valence-electron chi connectivity index (χ2n) is 3.12. The number of nitrogens with one attached hydrogen (secondary N) is 1. The predicted octanol–water partition coefficient (Wildman–Crippen LogP) is 2.37. The van der Waals surface area contributed by atoms with Crippen LogP contribution in [-0.2, 0) is 14.4 Å². The van der Waals surface area contributed by atoms with Crippen molar-refractivity contribution in [2.24, 2.45) is 0 Å². The summed E-state index contributed by atoms with van der Waals surface area (Å²) in [5.41, 5.74) is 0. The van der Waals surface area contributed by atoms with Crippen molar-refractivity contribution in [1.29, 1.82) is 0 Å². The number of nitrogens with zero attached hydrogens (tertiary/aromatic N) is 1. The molecule has 14 heteroatoms. The van der Waals surface area contributed by atoms with Gasteiger partial charge in [0.1, 0.15) is 0 Å². The number of carbonyl (C=O) groups is 3. The molecule has 0 aromatic carbocycles. The molecule has 0 saturated carbocycles. The average Bonchev–Trinajstić information content (AvgIpc) is 2.79. The molecule has 3 N–H and O–H groups in total. The lowest BCUT2D eigenvalue weighted by molar-refractivity contribution is -0.193. The van der Waals surface area contributed by atoms with Gasteiger partial charge in [-0.05, 0) is 0 Å². The van der Waals surface area contributed by atoms with Gasteiger partial charge in [-0.2, -0.15) is 26.3 Å². The van der Waals surface area contributed by atoms with E-state index >= 15 is 0 Å². The maximum Gasteiger partial charge on any atom is 0.490 e. The zero-order valence-electron chi connectivity index (χ0n) is 10.9. The summed E-state index contributed by atoms with van der Waals surface area (Å²) in [5.74, 6) is -5.59. The zero-order valence-corrected chi connectivity index (χ0v) is 11.7. The molecule has 0 fully saturated rings. The van der Waals surface area contributed by atoms with Crippen LogP contribution in [0.2, 0.25) is 0 Å². The molecule has 0 aliphatic carbocycles. The van der Waals surface area contributed by atoms with Crippen molar-refractivity contribution in [3.05, 3.63) is 11.6 Å². The van der Waals surface area contributed by atoms with Gasteiger partial charge in [0.15, 0.2) is 5.13 Å². The number of alkyl halides is 6. The third-order valence-electron chi connectivity index (χ3n) is 1.20. The summed E-state index contributed by atoms with van der Waals surface area (Å²) in [6.45, 7) is 1.46. The van der Waals surface area contributed by atoms with E-state index in [1.54, 1.807) is 6.20 Å². The molecule has 0 spiro atoms. The summed E-state index contributed by atoms with van der Waals surface area (Å²) in [7, 11) is 0. The number of anilines is 1. The van der Waals surface area contributed by atoms with Crippen LogP contribution in [0.1, 0.15) is 6.92 Å². The predicted molar refractivity (Wildman–Crippen MR) is 63.8 cm³/mol. The summed E-state index contributed by atoms with van der Waals surface area (Å²) >= 11 is 1.41. The summed E-state index contributed by atoms with van der Waals surface area (Å²) in [4.78, 5) is 32.0. The molecular formula is C9H8F6N2O5S. The minimum absolute atomic E-state index is 0.0787. The third-order valence-corrected chi connectivity index (χ3v) is 1.89. The van der Waals surface area contributed by atoms with Gasteiger partial charge in [-0.15, -0.1) is 11.3 Å². The SMILES string of the molecule is CC(=O)Nc1nccs1.O=C(O)C(F)(F)F.O=C(O)C(F)(F)F. The van der Waals surface area contributed by atoms with Crippen molar-refractivity contribution in [3.63, 3.8) is 0 Å². The molecule has 23 heavy (non-hydrogen) atoms. The van der Waals surface area contributed by atoms with Crippen LogP contribution in [0.25, 0.3) is 0 Å². The number of carboxylic acid groups (broad SMARTS) is 2. The van der Waals surface area contributed by atoms with Crippen molar-refractivity contribution in [1.82, 2.24) is 4.98 Å². The molecule has 1 heterocycles. The Kier molecular flexibility index (Phi) is 9.56. The van der Waals surface area contributed by atoms with E-state index in [1.165, 1.54) is 18.3 Å². The Bertz CT molecular complexity index is 489. The number of amides is 1. The summed E-state index contributed by atoms with van der Waals surface area (Å²) in [6.07, 6.45) is -8.52. The number of carbonyl (C=O) groups excluding carboxylic acids is 1. The fraction of sp³-hybridized carbons (Fsp3) is 0.333. The molecular weight excluding hydrogens is 362 g/mol. The maximum atomic E-state index is 10.6. The van der Waals surface area contributed by atoms with E-state index in [4.69, 9.17) is 19.8 Å². The Morgan fingerprint density at radius 3 is 1.57 bits per heavy atom. The lowest BCUT2D eigenvalue weighted by atomic mass is 10.7. The number of halogens is 6. The lowest BCUT2D eigenvalue weighted by Gasteiger charge is -1.93. The highest BCUT2D eigenvalue weighted by molar-refractivity contribution is 7.13. The first-order chi connectivity index (χ1) is 10.2. The minimum atomic E-state index is -5.08. The number of aromatic nitrogens is 1. The van der Waals surface area contributed by atoms with Crippen molar-refractivity contribution < 1.29 is 50.9 Å². The molecule has 132 valence electrons. The number of thiazole rings is 1. The van der Waals surface area contributed by atoms with Crippen LogP contribution in [0.5, 0.6) is 0 Å². The fourth-order valence-corrected chi connectivity index (χ4v) is 1.01. The minimum Gasteiger partial charge on any atom is -0.475 e. The van der Waals surface area contributed by atoms with Gasteiger partial charge in [0.25, 0.3) is 0 Å². The van der Waals surface area contributed by atoms with E-state index in [2.05, 4.69) is 10.3 Å². The molecule has 0 bridgehead atoms. The van der Waals surface area contributed by atoms with E-state index < -0.39 is 24.3 Å². The quantitative estimate of drug-likeness (QED) is 0.654. The van der Waals surface area contributed by atoms with Gasteiger partial charge in [-0.25, -0.2) is 14.6 Å². The Labute approximate surface area is 127 Å². The van der Waals surface area contributed by atoms with Gasteiger partial charge in [0, 0.05) is 18.5 Å². The molecule has 0 aliphatic rings. The van der Waals surface area contributed by atoms with Gasteiger partial charge < -0.3 is 15.5 Å². The van der Waals surface area contributed by atoms with Crippen LogP contribution >= 0.6 is 11.3 Å². The molecule has 0 saturated heterocycles. The molecule has 0 atom stereocenters. The van der Waals surface area contributed by atoms with Crippen molar-refractivity contribution in [2.75, 3.05) is 5.32 Å². The molecule has 1 aromatic rings. The molecule has 1 rings (SSSR count). The molecule has 7 nitrogen and oxygen atoms in total. The van der Waals surface area contributed by atoms with Crippen LogP contribution in [0, 0.1) is 0 Å². The van der Waals surface area contributed by atoms with Gasteiger partial charge in [0.2, 0.25) is 5.91 Å². The van der Waals surface area contributed by atoms with E-state index in [9.17, 15) is 31.1 Å². The van der Waals surface area contributed by atoms with E-state index in [-0.39, 0.29) is 5.91 Å². The first kappa shape index (κ1) is 22.9. The van der Waals surface area contributed by atoms with Gasteiger partial charge in [0.05, 0.1) is 0 Å². The van der Waals surface area contributed by atoms with Gasteiger partial charge in [-0.1, -0.05) is 0 Å². The maximum absolute atomic E-state index is 10.6. The summed E-state index contributed by atoms with van der Waals surface area (Å²) in [5, 5.41) is 19.3. The molecule has 0 radical (unpaired) electrons. The van der Waals surface area contributed by atoms with Gasteiger partial charge in [-0.3, -0.25) is 4.79 Å². The standard InChI is InChI=1S/C5H6N2OS.2C2HF3O2/c1-4(8)7-5-6-2-3-9-5;2*3-2(4,5)1(6)7/h2-3H,1H3,(H,6,7,8);2*(H,6,7). The van der Waals surface area contributed by atoms with Crippen LogP contribution in [0.4, 0.5) is 31.5 Å². The van der Waals surface area contributed by atoms with Crippen molar-refractivity contribution in [3.8, 4) is 0 Å². The lowest BCUT2D eigenvalue weighted by Crippen LogP contribution is -2.21. The molecule has 1 aromatic heterocycles. The number of rotatable bonds is 1. The third kappa shape index (κ3) is 14.3. The summed E-state index contributed by atoms with van der Waals surface area (Å²) < 4.78 is 63.5. The van der Waals surface area contributed by atoms with Crippen LogP contribution in [0.3, 0.4) is 0 Å². The van der Waals surface area contributed by atoms with Crippen LogP contribution < -0.4 is 5.32 Å². The Morgan fingerprint density at radius 1 is 1.04 bits per heavy atom. The highest BCUT2D eigenvalue weighted by Crippen LogP contribution is 2.13. The van der Waals surface area contributed by atoms with E-state index in [0.717, 1.165) is 0 Å². The number of carboxylic acids is 2. The van der Waals surface area contributed by atoms with E-state index in [0.29, 0.717) is 5.13 Å². The molecule has 0 aliphatic heterocycles. The largest absolute Gasteiger partial charge is 0.490 e. The van der Waals surface area contributed by atoms with E-state index in [1.807, 2.05) is 5.38 Å². The Balaban J connectivity index is 0. The highest BCUT2D eigenvalue weighted by atomic mass is 32.1. The number of aliphatic carboxylic acids is 2. The second kappa shape index (κ2) is 9.60. The normalized spacial score (nSPS) is 10.4. The van der Waals surface area contributed by atoms with Crippen LogP contribution in [-0.4, -0.2) is 45.4 Å². The molecule has 1 amide bonds. The van der Waals surface area contributed by atoms with Gasteiger partial charge >= 0.3 is 24.3 Å². The molecule has 0 unspecified atom stereocenters. The number of hydrogen-bond donors (Lipinski definition) is 3. The van der Waals surface area contributed by atoms with Crippen molar-refractivity contribution in [2.45, 2.75) is 19.3 Å². The first-order valence-corrected chi connectivity index (χ1v) is 5.83. The highest BCUT2D eigenvalue weighted by Gasteiger charge is 2.38.